The third-order valence-electron chi connectivity index (χ3n) is 5.39. The molecule has 0 radical (unpaired) electrons. The van der Waals surface area contributed by atoms with Gasteiger partial charge in [0.05, 0.1) is 5.41 Å². The Bertz CT molecular complexity index is 653. The number of hydrogen-bond acceptors (Lipinski definition) is 3. The minimum Gasteiger partial charge on any atom is -0.355 e. The molecule has 2 rings (SSSR count). The van der Waals surface area contributed by atoms with E-state index in [1.807, 2.05) is 33.3 Å². The van der Waals surface area contributed by atoms with Crippen LogP contribution in [0.15, 0.2) is 29.3 Å². The number of aliphatic imine (C=N–C) groups is 1. The summed E-state index contributed by atoms with van der Waals surface area (Å²) in [5.41, 5.74) is 0.761. The van der Waals surface area contributed by atoms with Crippen LogP contribution in [0, 0.1) is 11.2 Å². The molecule has 2 N–H and O–H groups in total. The molecule has 1 aromatic carbocycles. The number of carbonyl (C=O) groups is 1. The number of likely N-dealkylation sites (N-methyl/N-ethyl adjacent to an activating group) is 1. The van der Waals surface area contributed by atoms with Crippen LogP contribution in [0.2, 0.25) is 0 Å². The van der Waals surface area contributed by atoms with Crippen LogP contribution in [-0.4, -0.2) is 69.5 Å². The first-order chi connectivity index (χ1) is 13.4. The SMILES string of the molecule is CN=C(NCCN(C)Cc1ccc(F)cc1)NCC1(C(=O)N(C)C)CCCC1. The van der Waals surface area contributed by atoms with Crippen LogP contribution < -0.4 is 10.6 Å². The normalized spacial score (nSPS) is 16.3. The molecule has 0 aliphatic heterocycles. The fourth-order valence-electron chi connectivity index (χ4n) is 3.81. The van der Waals surface area contributed by atoms with Crippen molar-refractivity contribution in [2.75, 3.05) is 47.8 Å². The van der Waals surface area contributed by atoms with Crippen molar-refractivity contribution in [2.45, 2.75) is 32.2 Å². The summed E-state index contributed by atoms with van der Waals surface area (Å²) in [5, 5.41) is 6.67. The van der Waals surface area contributed by atoms with Crippen LogP contribution in [0.1, 0.15) is 31.2 Å². The average molecular weight is 392 g/mol. The lowest BCUT2D eigenvalue weighted by atomic mass is 9.84. The van der Waals surface area contributed by atoms with Crippen LogP contribution in [0.4, 0.5) is 4.39 Å². The molecule has 0 bridgehead atoms. The Morgan fingerprint density at radius 2 is 1.79 bits per heavy atom. The molecule has 0 saturated heterocycles. The molecule has 1 saturated carbocycles. The first-order valence-corrected chi connectivity index (χ1v) is 9.95. The summed E-state index contributed by atoms with van der Waals surface area (Å²) in [5.74, 6) is 0.704. The quantitative estimate of drug-likeness (QED) is 0.526. The van der Waals surface area contributed by atoms with Gasteiger partial charge in [0.1, 0.15) is 5.82 Å². The van der Waals surface area contributed by atoms with Crippen molar-refractivity contribution in [3.63, 3.8) is 0 Å². The van der Waals surface area contributed by atoms with E-state index in [1.165, 1.54) is 12.1 Å². The molecule has 0 atom stereocenters. The van der Waals surface area contributed by atoms with Gasteiger partial charge < -0.3 is 20.4 Å². The molecular weight excluding hydrogens is 357 g/mol. The summed E-state index contributed by atoms with van der Waals surface area (Å²) in [4.78, 5) is 20.8. The van der Waals surface area contributed by atoms with E-state index in [4.69, 9.17) is 0 Å². The molecule has 1 amide bonds. The Balaban J connectivity index is 1.77. The average Bonchev–Trinajstić information content (AvgIpc) is 3.15. The van der Waals surface area contributed by atoms with E-state index < -0.39 is 0 Å². The molecule has 0 spiro atoms. The topological polar surface area (TPSA) is 60.0 Å². The van der Waals surface area contributed by atoms with Crippen molar-refractivity contribution in [3.05, 3.63) is 35.6 Å². The molecule has 156 valence electrons. The molecule has 1 aliphatic rings. The summed E-state index contributed by atoms with van der Waals surface area (Å²) in [6, 6.07) is 6.59. The van der Waals surface area contributed by atoms with Crippen LogP contribution in [0.25, 0.3) is 0 Å². The highest BCUT2D eigenvalue weighted by atomic mass is 19.1. The van der Waals surface area contributed by atoms with E-state index in [9.17, 15) is 9.18 Å². The van der Waals surface area contributed by atoms with Gasteiger partial charge in [0.2, 0.25) is 5.91 Å². The first-order valence-electron chi connectivity index (χ1n) is 9.95. The molecule has 0 heterocycles. The number of hydrogen-bond donors (Lipinski definition) is 2. The lowest BCUT2D eigenvalue weighted by molar-refractivity contribution is -0.138. The van der Waals surface area contributed by atoms with Crippen molar-refractivity contribution in [3.8, 4) is 0 Å². The molecule has 0 unspecified atom stereocenters. The number of halogens is 1. The Hall–Kier alpha value is -2.15. The van der Waals surface area contributed by atoms with Crippen molar-refractivity contribution in [2.24, 2.45) is 10.4 Å². The van der Waals surface area contributed by atoms with Gasteiger partial charge in [-0.05, 0) is 37.6 Å². The summed E-state index contributed by atoms with van der Waals surface area (Å²) in [7, 11) is 7.43. The number of amides is 1. The predicted molar refractivity (Wildman–Crippen MR) is 112 cm³/mol. The summed E-state index contributed by atoms with van der Waals surface area (Å²) in [6.45, 7) is 2.91. The van der Waals surface area contributed by atoms with Crippen LogP contribution >= 0.6 is 0 Å². The minimum absolute atomic E-state index is 0.201. The van der Waals surface area contributed by atoms with E-state index in [0.717, 1.165) is 50.9 Å². The second kappa shape index (κ2) is 10.4. The number of benzene rings is 1. The second-order valence-electron chi connectivity index (χ2n) is 7.90. The zero-order chi connectivity index (χ0) is 20.6. The lowest BCUT2D eigenvalue weighted by Crippen LogP contribution is -2.49. The van der Waals surface area contributed by atoms with Crippen LogP contribution in [-0.2, 0) is 11.3 Å². The summed E-state index contributed by atoms with van der Waals surface area (Å²) >= 11 is 0. The van der Waals surface area contributed by atoms with Gasteiger partial charge in [-0.15, -0.1) is 0 Å². The molecule has 0 aromatic heterocycles. The highest BCUT2D eigenvalue weighted by Crippen LogP contribution is 2.38. The molecule has 7 heteroatoms. The van der Waals surface area contributed by atoms with E-state index in [1.54, 1.807) is 11.9 Å². The number of nitrogens with one attached hydrogen (secondary N) is 2. The van der Waals surface area contributed by atoms with Gasteiger partial charge in [0.15, 0.2) is 5.96 Å². The maximum absolute atomic E-state index is 13.0. The summed E-state index contributed by atoms with van der Waals surface area (Å²) in [6.07, 6.45) is 4.05. The Kier molecular flexibility index (Phi) is 8.23. The van der Waals surface area contributed by atoms with E-state index >= 15 is 0 Å². The van der Waals surface area contributed by atoms with E-state index in [-0.39, 0.29) is 17.1 Å². The standard InChI is InChI=1S/C21H34FN5O/c1-23-20(25-16-21(11-5-6-12-21)19(28)26(2)3)24-13-14-27(4)15-17-7-9-18(22)10-8-17/h7-10H,5-6,11-16H2,1-4H3,(H2,23,24,25). The molecular formula is C21H34FN5O. The number of carbonyl (C=O) groups excluding carboxylic acids is 1. The molecule has 1 fully saturated rings. The number of rotatable bonds is 8. The summed E-state index contributed by atoms with van der Waals surface area (Å²) < 4.78 is 13.0. The Morgan fingerprint density at radius 1 is 1.14 bits per heavy atom. The third-order valence-corrected chi connectivity index (χ3v) is 5.39. The van der Waals surface area contributed by atoms with Gasteiger partial charge in [-0.2, -0.15) is 0 Å². The smallest absolute Gasteiger partial charge is 0.230 e. The van der Waals surface area contributed by atoms with E-state index in [0.29, 0.717) is 12.5 Å². The van der Waals surface area contributed by atoms with Gasteiger partial charge in [-0.25, -0.2) is 4.39 Å². The molecule has 6 nitrogen and oxygen atoms in total. The number of nitrogens with zero attached hydrogens (tertiary/aromatic N) is 3. The van der Waals surface area contributed by atoms with Crippen molar-refractivity contribution in [1.82, 2.24) is 20.4 Å². The minimum atomic E-state index is -0.319. The van der Waals surface area contributed by atoms with Gasteiger partial charge in [-0.1, -0.05) is 25.0 Å². The third kappa shape index (κ3) is 6.19. The molecule has 1 aromatic rings. The van der Waals surface area contributed by atoms with Crippen molar-refractivity contribution in [1.29, 1.82) is 0 Å². The zero-order valence-corrected chi connectivity index (χ0v) is 17.6. The zero-order valence-electron chi connectivity index (χ0n) is 17.6. The van der Waals surface area contributed by atoms with Gasteiger partial charge in [-0.3, -0.25) is 9.79 Å². The van der Waals surface area contributed by atoms with Crippen LogP contribution in [0.5, 0.6) is 0 Å². The van der Waals surface area contributed by atoms with Gasteiger partial charge in [0, 0.05) is 47.3 Å². The fraction of sp³-hybridized carbons (Fsp3) is 0.619. The fourth-order valence-corrected chi connectivity index (χ4v) is 3.81. The highest BCUT2D eigenvalue weighted by Gasteiger charge is 2.42. The predicted octanol–water partition coefficient (Wildman–Crippen LogP) is 2.07. The molecule has 28 heavy (non-hydrogen) atoms. The Labute approximate surface area is 168 Å². The number of guanidine groups is 1. The van der Waals surface area contributed by atoms with Gasteiger partial charge in [0.25, 0.3) is 0 Å². The molecule has 1 aliphatic carbocycles. The first kappa shape index (κ1) is 22.1. The second-order valence-corrected chi connectivity index (χ2v) is 7.90. The van der Waals surface area contributed by atoms with Crippen molar-refractivity contribution < 1.29 is 9.18 Å². The van der Waals surface area contributed by atoms with Crippen LogP contribution in [0.3, 0.4) is 0 Å². The van der Waals surface area contributed by atoms with Gasteiger partial charge >= 0.3 is 0 Å². The van der Waals surface area contributed by atoms with Crippen molar-refractivity contribution >= 4 is 11.9 Å². The van der Waals surface area contributed by atoms with E-state index in [2.05, 4.69) is 20.5 Å². The largest absolute Gasteiger partial charge is 0.355 e. The monoisotopic (exact) mass is 391 g/mol. The lowest BCUT2D eigenvalue weighted by Gasteiger charge is -2.31. The highest BCUT2D eigenvalue weighted by molar-refractivity contribution is 5.85. The maximum Gasteiger partial charge on any atom is 0.230 e. The maximum atomic E-state index is 13.0. The Morgan fingerprint density at radius 3 is 2.36 bits per heavy atom.